The molecule has 4 heteroatoms. The zero-order valence-electron chi connectivity index (χ0n) is 14.3. The lowest BCUT2D eigenvalue weighted by Crippen LogP contribution is -2.23. The Balaban J connectivity index is 1.73. The summed E-state index contributed by atoms with van der Waals surface area (Å²) in [5.41, 5.74) is 4.57. The van der Waals surface area contributed by atoms with Gasteiger partial charge in [-0.05, 0) is 35.4 Å². The number of nitrogens with zero attached hydrogens (tertiary/aromatic N) is 3. The van der Waals surface area contributed by atoms with Crippen LogP contribution in [0.4, 0.5) is 11.5 Å². The summed E-state index contributed by atoms with van der Waals surface area (Å²) < 4.78 is 0. The van der Waals surface area contributed by atoms with Crippen LogP contribution in [0.3, 0.4) is 0 Å². The zero-order chi connectivity index (χ0) is 17.9. The molecule has 0 atom stereocenters. The molecule has 0 aliphatic rings. The molecule has 0 unspecified atom stereocenters. The second-order valence-electron chi connectivity index (χ2n) is 5.98. The SMILES string of the molecule is CC(=O)N(c1ccc(-c2ccccc2)cc1)c1cnc2ccccc2n1. The van der Waals surface area contributed by atoms with Crippen LogP contribution in [0.25, 0.3) is 22.2 Å². The predicted octanol–water partition coefficient (Wildman–Crippen LogP) is 4.98. The Labute approximate surface area is 151 Å². The van der Waals surface area contributed by atoms with Crippen LogP contribution < -0.4 is 4.90 Å². The van der Waals surface area contributed by atoms with E-state index in [2.05, 4.69) is 22.1 Å². The summed E-state index contributed by atoms with van der Waals surface area (Å²) in [5, 5.41) is 0. The quantitative estimate of drug-likeness (QED) is 0.529. The first-order valence-electron chi connectivity index (χ1n) is 8.40. The van der Waals surface area contributed by atoms with Crippen molar-refractivity contribution in [2.24, 2.45) is 0 Å². The molecule has 1 aromatic heterocycles. The molecule has 3 aromatic carbocycles. The number of hydrogen-bond acceptors (Lipinski definition) is 3. The van der Waals surface area contributed by atoms with E-state index in [4.69, 9.17) is 0 Å². The van der Waals surface area contributed by atoms with E-state index in [0.29, 0.717) is 5.82 Å². The predicted molar refractivity (Wildman–Crippen MR) is 104 cm³/mol. The van der Waals surface area contributed by atoms with Crippen molar-refractivity contribution in [3.8, 4) is 11.1 Å². The number of anilines is 2. The fraction of sp³-hybridized carbons (Fsp3) is 0.0455. The highest BCUT2D eigenvalue weighted by Crippen LogP contribution is 2.28. The lowest BCUT2D eigenvalue weighted by atomic mass is 10.1. The van der Waals surface area contributed by atoms with Crippen LogP contribution in [0.1, 0.15) is 6.92 Å². The molecule has 0 radical (unpaired) electrons. The van der Waals surface area contributed by atoms with E-state index >= 15 is 0 Å². The summed E-state index contributed by atoms with van der Waals surface area (Å²) in [4.78, 5) is 22.9. The molecule has 4 nitrogen and oxygen atoms in total. The normalized spacial score (nSPS) is 10.7. The second-order valence-corrected chi connectivity index (χ2v) is 5.98. The highest BCUT2D eigenvalue weighted by molar-refractivity contribution is 5.98. The van der Waals surface area contributed by atoms with Crippen LogP contribution in [0, 0.1) is 0 Å². The number of aromatic nitrogens is 2. The summed E-state index contributed by atoms with van der Waals surface area (Å²) in [6.45, 7) is 1.53. The number of hydrogen-bond donors (Lipinski definition) is 0. The molecule has 0 saturated carbocycles. The van der Waals surface area contributed by atoms with Gasteiger partial charge in [-0.3, -0.25) is 14.7 Å². The van der Waals surface area contributed by atoms with Crippen molar-refractivity contribution < 1.29 is 4.79 Å². The molecule has 0 fully saturated rings. The van der Waals surface area contributed by atoms with Crippen molar-refractivity contribution in [3.63, 3.8) is 0 Å². The van der Waals surface area contributed by atoms with Crippen LogP contribution in [0.5, 0.6) is 0 Å². The van der Waals surface area contributed by atoms with Gasteiger partial charge >= 0.3 is 0 Å². The molecule has 0 N–H and O–H groups in total. The summed E-state index contributed by atoms with van der Waals surface area (Å²) in [7, 11) is 0. The van der Waals surface area contributed by atoms with Gasteiger partial charge in [0, 0.05) is 6.92 Å². The Kier molecular flexibility index (Phi) is 4.15. The molecular formula is C22H17N3O. The topological polar surface area (TPSA) is 46.1 Å². The number of carbonyl (C=O) groups is 1. The first kappa shape index (κ1) is 16.0. The summed E-state index contributed by atoms with van der Waals surface area (Å²) in [6, 6.07) is 25.6. The minimum Gasteiger partial charge on any atom is -0.274 e. The first-order chi connectivity index (χ1) is 12.7. The van der Waals surface area contributed by atoms with Crippen LogP contribution in [0.2, 0.25) is 0 Å². The third-order valence-electron chi connectivity index (χ3n) is 4.21. The fourth-order valence-electron chi connectivity index (χ4n) is 2.96. The molecule has 26 heavy (non-hydrogen) atoms. The lowest BCUT2D eigenvalue weighted by Gasteiger charge is -2.20. The zero-order valence-corrected chi connectivity index (χ0v) is 14.3. The molecule has 0 aliphatic heterocycles. The van der Waals surface area contributed by atoms with Gasteiger partial charge in [-0.25, -0.2) is 4.98 Å². The van der Waals surface area contributed by atoms with Gasteiger partial charge in [0.05, 0.1) is 22.9 Å². The summed E-state index contributed by atoms with van der Waals surface area (Å²) in [6.07, 6.45) is 1.63. The van der Waals surface area contributed by atoms with E-state index in [9.17, 15) is 4.79 Å². The lowest BCUT2D eigenvalue weighted by molar-refractivity contribution is -0.115. The van der Waals surface area contributed by atoms with E-state index in [1.165, 1.54) is 6.92 Å². The Morgan fingerprint density at radius 1 is 0.769 bits per heavy atom. The maximum Gasteiger partial charge on any atom is 0.229 e. The number of amides is 1. The Bertz CT molecular complexity index is 1060. The maximum absolute atomic E-state index is 12.3. The fourth-order valence-corrected chi connectivity index (χ4v) is 2.96. The van der Waals surface area contributed by atoms with Crippen molar-refractivity contribution >= 4 is 28.4 Å². The third kappa shape index (κ3) is 3.05. The minimum absolute atomic E-state index is 0.109. The number of carbonyl (C=O) groups excluding carboxylic acids is 1. The van der Waals surface area contributed by atoms with Gasteiger partial charge in [-0.2, -0.15) is 0 Å². The van der Waals surface area contributed by atoms with Crippen LogP contribution >= 0.6 is 0 Å². The highest BCUT2D eigenvalue weighted by Gasteiger charge is 2.16. The van der Waals surface area contributed by atoms with Gasteiger partial charge in [0.2, 0.25) is 5.91 Å². The molecule has 4 aromatic rings. The van der Waals surface area contributed by atoms with Gasteiger partial charge in [-0.1, -0.05) is 54.6 Å². The van der Waals surface area contributed by atoms with Crippen molar-refractivity contribution in [1.82, 2.24) is 9.97 Å². The maximum atomic E-state index is 12.3. The first-order valence-corrected chi connectivity index (χ1v) is 8.40. The van der Waals surface area contributed by atoms with Crippen LogP contribution in [-0.4, -0.2) is 15.9 Å². The third-order valence-corrected chi connectivity index (χ3v) is 4.21. The van der Waals surface area contributed by atoms with E-state index in [1.807, 2.05) is 66.7 Å². The second kappa shape index (κ2) is 6.76. The standard InChI is InChI=1S/C22H17N3O/c1-16(26)25(22-15-23-20-9-5-6-10-21(20)24-22)19-13-11-18(12-14-19)17-7-3-2-4-8-17/h2-15H,1H3. The van der Waals surface area contributed by atoms with Crippen LogP contribution in [-0.2, 0) is 4.79 Å². The van der Waals surface area contributed by atoms with Gasteiger partial charge in [0.25, 0.3) is 0 Å². The average Bonchev–Trinajstić information content (AvgIpc) is 2.69. The molecule has 1 amide bonds. The van der Waals surface area contributed by atoms with E-state index in [0.717, 1.165) is 27.8 Å². The minimum atomic E-state index is -0.109. The van der Waals surface area contributed by atoms with Crippen molar-refractivity contribution in [3.05, 3.63) is 85.1 Å². The van der Waals surface area contributed by atoms with Crippen LogP contribution in [0.15, 0.2) is 85.1 Å². The molecule has 0 spiro atoms. The van der Waals surface area contributed by atoms with Crippen molar-refractivity contribution in [2.45, 2.75) is 6.92 Å². The molecule has 1 heterocycles. The highest BCUT2D eigenvalue weighted by atomic mass is 16.2. The van der Waals surface area contributed by atoms with Gasteiger partial charge in [0.1, 0.15) is 0 Å². The number of rotatable bonds is 3. The van der Waals surface area contributed by atoms with Crippen molar-refractivity contribution in [2.75, 3.05) is 4.90 Å². The summed E-state index contributed by atoms with van der Waals surface area (Å²) in [5.74, 6) is 0.408. The van der Waals surface area contributed by atoms with Crippen molar-refractivity contribution in [1.29, 1.82) is 0 Å². The molecular weight excluding hydrogens is 322 g/mol. The average molecular weight is 339 g/mol. The molecule has 126 valence electrons. The largest absolute Gasteiger partial charge is 0.274 e. The molecule has 0 saturated heterocycles. The Morgan fingerprint density at radius 3 is 2.08 bits per heavy atom. The number of fused-ring (bicyclic) bond motifs is 1. The molecule has 0 aliphatic carbocycles. The Hall–Kier alpha value is -3.53. The van der Waals surface area contributed by atoms with E-state index < -0.39 is 0 Å². The number of benzene rings is 3. The number of para-hydroxylation sites is 2. The van der Waals surface area contributed by atoms with Gasteiger partial charge in [0.15, 0.2) is 5.82 Å². The van der Waals surface area contributed by atoms with E-state index in [1.54, 1.807) is 11.1 Å². The monoisotopic (exact) mass is 339 g/mol. The van der Waals surface area contributed by atoms with Gasteiger partial charge < -0.3 is 0 Å². The smallest absolute Gasteiger partial charge is 0.229 e. The molecule has 0 bridgehead atoms. The Morgan fingerprint density at radius 2 is 1.38 bits per heavy atom. The van der Waals surface area contributed by atoms with Gasteiger partial charge in [-0.15, -0.1) is 0 Å². The van der Waals surface area contributed by atoms with E-state index in [-0.39, 0.29) is 5.91 Å². The summed E-state index contributed by atoms with van der Waals surface area (Å²) >= 11 is 0. The molecule has 4 rings (SSSR count).